The number of nitrogens with zero attached hydrogens (tertiary/aromatic N) is 2. The third kappa shape index (κ3) is 3.89. The van der Waals surface area contributed by atoms with Crippen LogP contribution in [0, 0.1) is 11.3 Å². The van der Waals surface area contributed by atoms with Crippen LogP contribution in [0.1, 0.15) is 18.9 Å². The second-order valence-electron chi connectivity index (χ2n) is 3.85. The summed E-state index contributed by atoms with van der Waals surface area (Å²) in [5, 5.41) is 8.73. The summed E-state index contributed by atoms with van der Waals surface area (Å²) in [7, 11) is 0. The lowest BCUT2D eigenvalue weighted by molar-refractivity contribution is -0.132. The Morgan fingerprint density at radius 3 is 2.65 bits per heavy atom. The van der Waals surface area contributed by atoms with Gasteiger partial charge in [0.1, 0.15) is 6.54 Å². The van der Waals surface area contributed by atoms with Gasteiger partial charge in [0.25, 0.3) is 0 Å². The molecular weight excluding hydrogens is 214 g/mol. The summed E-state index contributed by atoms with van der Waals surface area (Å²) in [4.78, 5) is 13.4. The lowest BCUT2D eigenvalue weighted by Crippen LogP contribution is -2.43. The third-order valence-corrected chi connectivity index (χ3v) is 2.55. The number of carbonyl (C=O) groups is 1. The maximum Gasteiger partial charge on any atom is 0.240 e. The zero-order chi connectivity index (χ0) is 12.7. The largest absolute Gasteiger partial charge is 0.324 e. The van der Waals surface area contributed by atoms with Crippen LogP contribution < -0.4 is 5.73 Å². The highest BCUT2D eigenvalue weighted by Gasteiger charge is 2.19. The van der Waals surface area contributed by atoms with Gasteiger partial charge in [0.2, 0.25) is 5.91 Å². The van der Waals surface area contributed by atoms with Crippen molar-refractivity contribution >= 4 is 5.91 Å². The van der Waals surface area contributed by atoms with E-state index in [0.29, 0.717) is 13.0 Å². The molecule has 0 unspecified atom stereocenters. The van der Waals surface area contributed by atoms with E-state index in [1.165, 1.54) is 4.90 Å². The zero-order valence-electron chi connectivity index (χ0n) is 9.97. The molecule has 4 nitrogen and oxygen atoms in total. The highest BCUT2D eigenvalue weighted by molar-refractivity contribution is 5.81. The van der Waals surface area contributed by atoms with Crippen molar-refractivity contribution in [1.29, 1.82) is 5.26 Å². The minimum Gasteiger partial charge on any atom is -0.324 e. The van der Waals surface area contributed by atoms with E-state index in [1.807, 2.05) is 43.3 Å². The van der Waals surface area contributed by atoms with Gasteiger partial charge >= 0.3 is 0 Å². The lowest BCUT2D eigenvalue weighted by atomic mass is 10.1. The van der Waals surface area contributed by atoms with Crippen LogP contribution in [0.25, 0.3) is 0 Å². The van der Waals surface area contributed by atoms with Crippen LogP contribution in [0.3, 0.4) is 0 Å². The van der Waals surface area contributed by atoms with E-state index in [-0.39, 0.29) is 12.5 Å². The summed E-state index contributed by atoms with van der Waals surface area (Å²) in [5.74, 6) is -0.169. The number of carbonyl (C=O) groups excluding carboxylic acids is 1. The van der Waals surface area contributed by atoms with Crippen LogP contribution in [0.15, 0.2) is 30.3 Å². The van der Waals surface area contributed by atoms with E-state index in [9.17, 15) is 4.79 Å². The quantitative estimate of drug-likeness (QED) is 0.776. The van der Waals surface area contributed by atoms with Gasteiger partial charge < -0.3 is 10.6 Å². The fourth-order valence-electron chi connectivity index (χ4n) is 1.51. The molecule has 17 heavy (non-hydrogen) atoms. The van der Waals surface area contributed by atoms with Gasteiger partial charge in [-0.3, -0.25) is 4.79 Å². The Labute approximate surface area is 102 Å². The first kappa shape index (κ1) is 13.2. The van der Waals surface area contributed by atoms with Crippen LogP contribution in [0.2, 0.25) is 0 Å². The SMILES string of the molecule is CC[C@@H](N)C(=O)N(CC#N)Cc1ccccc1. The Morgan fingerprint density at radius 1 is 1.47 bits per heavy atom. The van der Waals surface area contributed by atoms with E-state index < -0.39 is 6.04 Å². The first-order valence-corrected chi connectivity index (χ1v) is 5.64. The average molecular weight is 231 g/mol. The van der Waals surface area contributed by atoms with Gasteiger partial charge in [0, 0.05) is 6.54 Å². The fourth-order valence-corrected chi connectivity index (χ4v) is 1.51. The van der Waals surface area contributed by atoms with Crippen molar-refractivity contribution in [1.82, 2.24) is 4.90 Å². The fraction of sp³-hybridized carbons (Fsp3) is 0.385. The summed E-state index contributed by atoms with van der Waals surface area (Å²) >= 11 is 0. The number of amides is 1. The maximum atomic E-state index is 11.9. The van der Waals surface area contributed by atoms with Gasteiger partial charge in [-0.1, -0.05) is 37.3 Å². The van der Waals surface area contributed by atoms with Gasteiger partial charge in [-0.25, -0.2) is 0 Å². The molecule has 0 heterocycles. The molecule has 0 spiro atoms. The van der Waals surface area contributed by atoms with Gasteiger partial charge in [-0.2, -0.15) is 5.26 Å². The lowest BCUT2D eigenvalue weighted by Gasteiger charge is -2.22. The zero-order valence-corrected chi connectivity index (χ0v) is 9.97. The predicted octanol–water partition coefficient (Wildman–Crippen LogP) is 1.28. The van der Waals surface area contributed by atoms with Crippen molar-refractivity contribution in [2.45, 2.75) is 25.9 Å². The minimum atomic E-state index is -0.521. The first-order valence-electron chi connectivity index (χ1n) is 5.64. The summed E-state index contributed by atoms with van der Waals surface area (Å²) < 4.78 is 0. The summed E-state index contributed by atoms with van der Waals surface area (Å²) in [6.45, 7) is 2.36. The van der Waals surface area contributed by atoms with Gasteiger partial charge in [-0.05, 0) is 12.0 Å². The molecule has 0 aromatic heterocycles. The molecule has 1 aromatic carbocycles. The molecule has 1 aromatic rings. The van der Waals surface area contributed by atoms with Crippen molar-refractivity contribution in [2.24, 2.45) is 5.73 Å². The van der Waals surface area contributed by atoms with E-state index in [2.05, 4.69) is 0 Å². The molecule has 0 aliphatic heterocycles. The number of hydrogen-bond acceptors (Lipinski definition) is 3. The van der Waals surface area contributed by atoms with Crippen molar-refractivity contribution < 1.29 is 4.79 Å². The standard InChI is InChI=1S/C13H17N3O/c1-2-12(15)13(17)16(9-8-14)10-11-6-4-3-5-7-11/h3-7,12H,2,9-10,15H2,1H3/t12-/m1/s1. The molecule has 1 atom stereocenters. The molecule has 0 aliphatic rings. The Morgan fingerprint density at radius 2 is 2.12 bits per heavy atom. The van der Waals surface area contributed by atoms with Gasteiger partial charge in [0.05, 0.1) is 12.1 Å². The summed E-state index contributed by atoms with van der Waals surface area (Å²) in [6, 6.07) is 11.1. The highest BCUT2D eigenvalue weighted by atomic mass is 16.2. The molecule has 0 fully saturated rings. The minimum absolute atomic E-state index is 0.0709. The topological polar surface area (TPSA) is 70.1 Å². The van der Waals surface area contributed by atoms with Crippen molar-refractivity contribution in [2.75, 3.05) is 6.54 Å². The van der Waals surface area contributed by atoms with E-state index in [1.54, 1.807) is 0 Å². The van der Waals surface area contributed by atoms with Crippen molar-refractivity contribution in [3.8, 4) is 6.07 Å². The van der Waals surface area contributed by atoms with E-state index in [0.717, 1.165) is 5.56 Å². The molecule has 4 heteroatoms. The first-order chi connectivity index (χ1) is 8.19. The number of rotatable bonds is 5. The molecular formula is C13H17N3O. The van der Waals surface area contributed by atoms with Crippen molar-refractivity contribution in [3.05, 3.63) is 35.9 Å². The number of hydrogen-bond donors (Lipinski definition) is 1. The predicted molar refractivity (Wildman–Crippen MR) is 65.7 cm³/mol. The molecule has 0 radical (unpaired) electrons. The Bertz CT molecular complexity index is 397. The third-order valence-electron chi connectivity index (χ3n) is 2.55. The van der Waals surface area contributed by atoms with Crippen LogP contribution >= 0.6 is 0 Å². The smallest absolute Gasteiger partial charge is 0.240 e. The second-order valence-corrected chi connectivity index (χ2v) is 3.85. The molecule has 2 N–H and O–H groups in total. The highest BCUT2D eigenvalue weighted by Crippen LogP contribution is 2.06. The molecule has 1 amide bonds. The number of nitrogens with two attached hydrogens (primary N) is 1. The van der Waals surface area contributed by atoms with Gasteiger partial charge in [0.15, 0.2) is 0 Å². The van der Waals surface area contributed by atoms with Crippen molar-refractivity contribution in [3.63, 3.8) is 0 Å². The maximum absolute atomic E-state index is 11.9. The van der Waals surface area contributed by atoms with Crippen LogP contribution in [-0.4, -0.2) is 23.4 Å². The monoisotopic (exact) mass is 231 g/mol. The van der Waals surface area contributed by atoms with Crippen LogP contribution in [-0.2, 0) is 11.3 Å². The molecule has 0 aliphatic carbocycles. The molecule has 1 rings (SSSR count). The summed E-state index contributed by atoms with van der Waals surface area (Å²) in [6.07, 6.45) is 0.579. The Kier molecular flexibility index (Phi) is 5.18. The van der Waals surface area contributed by atoms with E-state index >= 15 is 0 Å². The number of nitriles is 1. The normalized spacial score (nSPS) is 11.6. The molecule has 0 saturated carbocycles. The summed E-state index contributed by atoms with van der Waals surface area (Å²) in [5.41, 5.74) is 6.70. The van der Waals surface area contributed by atoms with Crippen LogP contribution in [0.5, 0.6) is 0 Å². The van der Waals surface area contributed by atoms with E-state index in [4.69, 9.17) is 11.0 Å². The Balaban J connectivity index is 2.74. The average Bonchev–Trinajstić information content (AvgIpc) is 2.37. The number of benzene rings is 1. The second kappa shape index (κ2) is 6.66. The molecule has 0 bridgehead atoms. The van der Waals surface area contributed by atoms with Crippen LogP contribution in [0.4, 0.5) is 0 Å². The Hall–Kier alpha value is -1.86. The van der Waals surface area contributed by atoms with Gasteiger partial charge in [-0.15, -0.1) is 0 Å². The molecule has 0 saturated heterocycles. The molecule has 90 valence electrons.